The molecule has 2 aromatic rings. The second-order valence-electron chi connectivity index (χ2n) is 11.3. The maximum Gasteiger partial charge on any atom is 0.417 e. The van der Waals surface area contributed by atoms with Crippen LogP contribution in [0.2, 0.25) is 0 Å². The molecule has 2 aliphatic heterocycles. The van der Waals surface area contributed by atoms with Gasteiger partial charge >= 0.3 is 12.2 Å². The van der Waals surface area contributed by atoms with Crippen LogP contribution < -0.4 is 10.1 Å². The van der Waals surface area contributed by atoms with Crippen molar-refractivity contribution < 1.29 is 28.6 Å². The molecule has 2 atom stereocenters. The number of carbonyl (C=O) groups excluding carboxylic acids is 3. The van der Waals surface area contributed by atoms with Gasteiger partial charge in [0.25, 0.3) is 5.91 Å². The SMILES string of the molecule is COc1ccc(CN2C[C@H]3[C@H](C2)n2ncc(NC(=O)OC(C)(C)C)c2C(=O)N3C(=O)OC(C)(C)C)cc1. The van der Waals surface area contributed by atoms with Crippen LogP contribution in [0, 0.1) is 0 Å². The molecule has 4 rings (SSSR count). The van der Waals surface area contributed by atoms with Crippen LogP contribution in [-0.4, -0.2) is 75.1 Å². The molecule has 11 heteroatoms. The normalized spacial score (nSPS) is 19.8. The topological polar surface area (TPSA) is 115 Å². The molecule has 1 N–H and O–H groups in total. The van der Waals surface area contributed by atoms with Gasteiger partial charge in [-0.05, 0) is 59.2 Å². The largest absolute Gasteiger partial charge is 0.497 e. The Balaban J connectivity index is 1.64. The lowest BCUT2D eigenvalue weighted by Gasteiger charge is -2.36. The number of rotatable bonds is 4. The third kappa shape index (κ3) is 5.87. The number of aromatic nitrogens is 2. The third-order valence-corrected chi connectivity index (χ3v) is 5.99. The van der Waals surface area contributed by atoms with Crippen LogP contribution >= 0.6 is 0 Å². The Hall–Kier alpha value is -3.60. The number of amides is 3. The molecular weight excluding hydrogens is 478 g/mol. The Morgan fingerprint density at radius 1 is 1.00 bits per heavy atom. The highest BCUT2D eigenvalue weighted by Crippen LogP contribution is 2.37. The number of nitrogens with one attached hydrogen (secondary N) is 1. The molecular formula is C26H35N5O6. The molecule has 11 nitrogen and oxygen atoms in total. The zero-order valence-electron chi connectivity index (χ0n) is 22.4. The highest BCUT2D eigenvalue weighted by atomic mass is 16.6. The van der Waals surface area contributed by atoms with E-state index in [0.29, 0.717) is 19.6 Å². The van der Waals surface area contributed by atoms with Gasteiger partial charge in [-0.15, -0.1) is 0 Å². The number of ether oxygens (including phenoxy) is 3. The van der Waals surface area contributed by atoms with Gasteiger partial charge in [-0.25, -0.2) is 14.5 Å². The lowest BCUT2D eigenvalue weighted by atomic mass is 10.1. The minimum absolute atomic E-state index is 0.115. The maximum absolute atomic E-state index is 13.7. The third-order valence-electron chi connectivity index (χ3n) is 5.99. The number of nitrogens with zero attached hydrogens (tertiary/aromatic N) is 4. The van der Waals surface area contributed by atoms with Crippen LogP contribution in [0.4, 0.5) is 15.3 Å². The summed E-state index contributed by atoms with van der Waals surface area (Å²) in [5.74, 6) is 0.192. The number of likely N-dealkylation sites (tertiary alicyclic amines) is 1. The average Bonchev–Trinajstić information content (AvgIpc) is 3.36. The highest BCUT2D eigenvalue weighted by Gasteiger charge is 2.50. The van der Waals surface area contributed by atoms with Crippen molar-refractivity contribution in [1.29, 1.82) is 0 Å². The Kier molecular flexibility index (Phi) is 6.93. The summed E-state index contributed by atoms with van der Waals surface area (Å²) in [7, 11) is 1.62. The second kappa shape index (κ2) is 9.70. The fourth-order valence-corrected chi connectivity index (χ4v) is 4.59. The molecule has 3 heterocycles. The standard InChI is InChI=1S/C26H35N5O6/c1-25(2,3)36-23(33)28-18-12-27-31-20-15-29(13-16-8-10-17(35-7)11-9-16)14-19(20)30(22(32)21(18)31)24(34)37-26(4,5)6/h8-12,19-20H,13-15H2,1-7H3,(H,28,33)/t19-,20-/m0/s1. The summed E-state index contributed by atoms with van der Waals surface area (Å²) >= 11 is 0. The monoisotopic (exact) mass is 513 g/mol. The number of carbonyl (C=O) groups is 3. The van der Waals surface area contributed by atoms with E-state index in [1.807, 2.05) is 24.3 Å². The molecule has 0 aliphatic carbocycles. The van der Waals surface area contributed by atoms with Gasteiger partial charge < -0.3 is 14.2 Å². The Bertz CT molecular complexity index is 1180. The molecule has 0 unspecified atom stereocenters. The summed E-state index contributed by atoms with van der Waals surface area (Å²) in [6.07, 6.45) is -0.0251. The van der Waals surface area contributed by atoms with Gasteiger partial charge in [0, 0.05) is 19.6 Å². The van der Waals surface area contributed by atoms with Crippen molar-refractivity contribution in [3.05, 3.63) is 41.7 Å². The van der Waals surface area contributed by atoms with Crippen molar-refractivity contribution in [3.63, 3.8) is 0 Å². The van der Waals surface area contributed by atoms with Crippen molar-refractivity contribution in [2.75, 3.05) is 25.5 Å². The van der Waals surface area contributed by atoms with Crippen LogP contribution in [0.1, 0.15) is 63.6 Å². The minimum Gasteiger partial charge on any atom is -0.497 e. The van der Waals surface area contributed by atoms with Crippen molar-refractivity contribution in [1.82, 2.24) is 19.6 Å². The molecule has 0 spiro atoms. The summed E-state index contributed by atoms with van der Waals surface area (Å²) in [5, 5.41) is 7.05. The molecule has 0 radical (unpaired) electrons. The van der Waals surface area contributed by atoms with E-state index in [-0.39, 0.29) is 17.4 Å². The summed E-state index contributed by atoms with van der Waals surface area (Å²) in [6, 6.07) is 6.97. The minimum atomic E-state index is -0.788. The Morgan fingerprint density at radius 2 is 1.62 bits per heavy atom. The molecule has 1 aromatic carbocycles. The second-order valence-corrected chi connectivity index (χ2v) is 11.3. The number of anilines is 1. The number of methoxy groups -OCH3 is 1. The van der Waals surface area contributed by atoms with Gasteiger partial charge in [0.2, 0.25) is 0 Å². The van der Waals surface area contributed by atoms with E-state index >= 15 is 0 Å². The molecule has 1 aromatic heterocycles. The first-order chi connectivity index (χ1) is 17.3. The lowest BCUT2D eigenvalue weighted by Crippen LogP contribution is -2.54. The van der Waals surface area contributed by atoms with Crippen LogP contribution in [0.3, 0.4) is 0 Å². The summed E-state index contributed by atoms with van der Waals surface area (Å²) in [6.45, 7) is 12.1. The van der Waals surface area contributed by atoms with E-state index in [1.54, 1.807) is 53.3 Å². The predicted octanol–water partition coefficient (Wildman–Crippen LogP) is 4.06. The highest BCUT2D eigenvalue weighted by molar-refractivity contribution is 6.08. The molecule has 3 amide bonds. The molecule has 37 heavy (non-hydrogen) atoms. The molecule has 200 valence electrons. The predicted molar refractivity (Wildman–Crippen MR) is 136 cm³/mol. The number of benzene rings is 1. The van der Waals surface area contributed by atoms with Gasteiger partial charge in [-0.3, -0.25) is 19.7 Å². The van der Waals surface area contributed by atoms with Crippen LogP contribution in [-0.2, 0) is 16.0 Å². The lowest BCUT2D eigenvalue weighted by molar-refractivity contribution is 0.0102. The number of fused-ring (bicyclic) bond motifs is 3. The summed E-state index contributed by atoms with van der Waals surface area (Å²) < 4.78 is 17.8. The molecule has 1 fully saturated rings. The van der Waals surface area contributed by atoms with E-state index in [1.165, 1.54) is 11.1 Å². The van der Waals surface area contributed by atoms with Crippen molar-refractivity contribution >= 4 is 23.8 Å². The zero-order valence-corrected chi connectivity index (χ0v) is 22.4. The first kappa shape index (κ1) is 26.5. The average molecular weight is 514 g/mol. The Labute approximate surface area is 216 Å². The van der Waals surface area contributed by atoms with E-state index in [0.717, 1.165) is 11.3 Å². The van der Waals surface area contributed by atoms with Crippen LogP contribution in [0.5, 0.6) is 5.75 Å². The number of hydrogen-bond donors (Lipinski definition) is 1. The van der Waals surface area contributed by atoms with Gasteiger partial charge in [0.1, 0.15) is 17.0 Å². The smallest absolute Gasteiger partial charge is 0.417 e. The van der Waals surface area contributed by atoms with E-state index in [4.69, 9.17) is 14.2 Å². The van der Waals surface area contributed by atoms with Crippen molar-refractivity contribution in [3.8, 4) is 5.75 Å². The van der Waals surface area contributed by atoms with Crippen LogP contribution in [0.15, 0.2) is 30.5 Å². The first-order valence-electron chi connectivity index (χ1n) is 12.2. The maximum atomic E-state index is 13.7. The molecule has 2 aliphatic rings. The van der Waals surface area contributed by atoms with Crippen molar-refractivity contribution in [2.24, 2.45) is 0 Å². The fourth-order valence-electron chi connectivity index (χ4n) is 4.59. The van der Waals surface area contributed by atoms with Crippen molar-refractivity contribution in [2.45, 2.75) is 71.4 Å². The van der Waals surface area contributed by atoms with Crippen LogP contribution in [0.25, 0.3) is 0 Å². The summed E-state index contributed by atoms with van der Waals surface area (Å²) in [4.78, 5) is 42.8. The Morgan fingerprint density at radius 3 is 2.22 bits per heavy atom. The molecule has 0 bridgehead atoms. The van der Waals surface area contributed by atoms with Gasteiger partial charge in [-0.1, -0.05) is 12.1 Å². The number of hydrogen-bond acceptors (Lipinski definition) is 8. The first-order valence-corrected chi connectivity index (χ1v) is 12.2. The molecule has 1 saturated heterocycles. The van der Waals surface area contributed by atoms with Gasteiger partial charge in [0.05, 0.1) is 31.1 Å². The molecule has 0 saturated carbocycles. The summed E-state index contributed by atoms with van der Waals surface area (Å²) in [5.41, 5.74) is -0.141. The van der Waals surface area contributed by atoms with E-state index in [2.05, 4.69) is 15.3 Å². The quantitative estimate of drug-likeness (QED) is 0.651. The van der Waals surface area contributed by atoms with E-state index < -0.39 is 35.3 Å². The van der Waals surface area contributed by atoms with E-state index in [9.17, 15) is 14.4 Å². The van der Waals surface area contributed by atoms with Gasteiger partial charge in [0.15, 0.2) is 5.69 Å². The number of imide groups is 1. The van der Waals surface area contributed by atoms with Gasteiger partial charge in [-0.2, -0.15) is 5.10 Å². The zero-order chi connectivity index (χ0) is 27.1. The fraction of sp³-hybridized carbons (Fsp3) is 0.538.